The molecule has 2 nitrogen and oxygen atoms in total. The molecule has 0 radical (unpaired) electrons. The molecule has 0 aromatic heterocycles. The van der Waals surface area contributed by atoms with Gasteiger partial charge in [-0.2, -0.15) is 8.78 Å². The number of carbonyl (C=O) groups excluding carboxylic acids is 1. The number of hydrogen-bond acceptors (Lipinski definition) is 2. The molecule has 0 bridgehead atoms. The zero-order valence-electron chi connectivity index (χ0n) is 7.26. The predicted octanol–water partition coefficient (Wildman–Crippen LogP) is 2.92. The van der Waals surface area contributed by atoms with Crippen molar-refractivity contribution in [1.82, 2.24) is 0 Å². The number of methoxy groups -OCH3 is 1. The first-order valence-corrected chi connectivity index (χ1v) is 4.50. The number of carbonyl (C=O) groups is 1. The second kappa shape index (κ2) is 4.04. The molecular weight excluding hydrogens is 258 g/mol. The van der Waals surface area contributed by atoms with Gasteiger partial charge in [0.25, 0.3) is 0 Å². The topological polar surface area (TPSA) is 26.3 Å². The van der Waals surface area contributed by atoms with E-state index in [2.05, 4.69) is 20.7 Å². The molecule has 1 aromatic rings. The van der Waals surface area contributed by atoms with Gasteiger partial charge in [0.15, 0.2) is 0 Å². The fourth-order valence-corrected chi connectivity index (χ4v) is 1.19. The SMILES string of the molecule is COC(=O)c1cccc(C(F)(F)Br)c1. The van der Waals surface area contributed by atoms with Crippen LogP contribution in [0.4, 0.5) is 8.78 Å². The highest BCUT2D eigenvalue weighted by Gasteiger charge is 2.27. The number of esters is 1. The first-order chi connectivity index (χ1) is 6.45. The van der Waals surface area contributed by atoms with Gasteiger partial charge < -0.3 is 4.74 Å². The van der Waals surface area contributed by atoms with Gasteiger partial charge in [0.2, 0.25) is 0 Å². The molecule has 0 saturated carbocycles. The monoisotopic (exact) mass is 264 g/mol. The summed E-state index contributed by atoms with van der Waals surface area (Å²) in [7, 11) is 1.20. The molecule has 1 rings (SSSR count). The molecule has 0 unspecified atom stereocenters. The number of hydrogen-bond donors (Lipinski definition) is 0. The van der Waals surface area contributed by atoms with Crippen LogP contribution in [0.25, 0.3) is 0 Å². The number of ether oxygens (including phenoxy) is 1. The Morgan fingerprint density at radius 1 is 1.50 bits per heavy atom. The summed E-state index contributed by atoms with van der Waals surface area (Å²) in [6.07, 6.45) is 0. The molecule has 76 valence electrons. The number of halogens is 3. The molecule has 0 fully saturated rings. The van der Waals surface area contributed by atoms with Gasteiger partial charge in [-0.15, -0.1) is 0 Å². The van der Waals surface area contributed by atoms with Gasteiger partial charge in [-0.1, -0.05) is 12.1 Å². The average molecular weight is 265 g/mol. The summed E-state index contributed by atoms with van der Waals surface area (Å²) in [5.74, 6) is -0.636. The lowest BCUT2D eigenvalue weighted by Crippen LogP contribution is -2.06. The molecule has 0 aliphatic rings. The van der Waals surface area contributed by atoms with E-state index in [0.717, 1.165) is 6.07 Å². The highest BCUT2D eigenvalue weighted by Crippen LogP contribution is 2.34. The van der Waals surface area contributed by atoms with Gasteiger partial charge in [-0.25, -0.2) is 4.79 Å². The average Bonchev–Trinajstić information content (AvgIpc) is 2.15. The summed E-state index contributed by atoms with van der Waals surface area (Å²) in [5.41, 5.74) is -0.176. The van der Waals surface area contributed by atoms with Crippen LogP contribution in [0, 0.1) is 0 Å². The first kappa shape index (κ1) is 11.1. The van der Waals surface area contributed by atoms with Crippen molar-refractivity contribution in [3.05, 3.63) is 35.4 Å². The van der Waals surface area contributed by atoms with Gasteiger partial charge in [0.1, 0.15) is 0 Å². The van der Waals surface area contributed by atoms with Crippen LogP contribution >= 0.6 is 15.9 Å². The van der Waals surface area contributed by atoms with E-state index in [1.54, 1.807) is 0 Å². The molecule has 0 saturated heterocycles. The fourth-order valence-electron chi connectivity index (χ4n) is 0.940. The smallest absolute Gasteiger partial charge is 0.337 e. The maximum atomic E-state index is 12.8. The Bertz CT molecular complexity index is 347. The van der Waals surface area contributed by atoms with Crippen molar-refractivity contribution >= 4 is 21.9 Å². The van der Waals surface area contributed by atoms with E-state index in [-0.39, 0.29) is 11.1 Å². The second-order valence-electron chi connectivity index (χ2n) is 2.57. The molecule has 0 amide bonds. The maximum absolute atomic E-state index is 12.8. The van der Waals surface area contributed by atoms with Gasteiger partial charge >= 0.3 is 10.8 Å². The summed E-state index contributed by atoms with van der Waals surface area (Å²) in [4.78, 5) is 7.88. The van der Waals surface area contributed by atoms with Crippen LogP contribution in [0.15, 0.2) is 24.3 Å². The number of alkyl halides is 3. The van der Waals surface area contributed by atoms with Gasteiger partial charge in [0.05, 0.1) is 12.7 Å². The molecule has 14 heavy (non-hydrogen) atoms. The van der Waals surface area contributed by atoms with Crippen molar-refractivity contribution < 1.29 is 18.3 Å². The predicted molar refractivity (Wildman–Crippen MR) is 50.6 cm³/mol. The van der Waals surface area contributed by atoms with E-state index in [4.69, 9.17) is 0 Å². The summed E-state index contributed by atoms with van der Waals surface area (Å²) < 4.78 is 29.9. The fraction of sp³-hybridized carbons (Fsp3) is 0.222. The van der Waals surface area contributed by atoms with Crippen LogP contribution in [0.1, 0.15) is 15.9 Å². The minimum absolute atomic E-state index is 0.101. The van der Waals surface area contributed by atoms with Gasteiger partial charge in [-0.05, 0) is 28.1 Å². The first-order valence-electron chi connectivity index (χ1n) is 3.70. The Morgan fingerprint density at radius 2 is 2.14 bits per heavy atom. The minimum atomic E-state index is -3.13. The summed E-state index contributed by atoms with van der Waals surface area (Å²) in [5, 5.41) is 0. The summed E-state index contributed by atoms with van der Waals surface area (Å²) >= 11 is 2.21. The Balaban J connectivity index is 3.08. The van der Waals surface area contributed by atoms with Crippen molar-refractivity contribution in [2.75, 3.05) is 7.11 Å². The third-order valence-electron chi connectivity index (χ3n) is 1.61. The zero-order valence-corrected chi connectivity index (χ0v) is 8.85. The lowest BCUT2D eigenvalue weighted by molar-refractivity contribution is 0.0600. The van der Waals surface area contributed by atoms with E-state index in [0.29, 0.717) is 0 Å². The van der Waals surface area contributed by atoms with Gasteiger partial charge in [0, 0.05) is 5.56 Å². The van der Waals surface area contributed by atoms with Crippen molar-refractivity contribution in [3.8, 4) is 0 Å². The third kappa shape index (κ3) is 2.51. The second-order valence-corrected chi connectivity index (χ2v) is 3.57. The number of rotatable bonds is 2. The molecule has 0 aliphatic heterocycles. The summed E-state index contributed by atoms with van der Waals surface area (Å²) in [6.45, 7) is 0. The van der Waals surface area contributed by atoms with E-state index in [9.17, 15) is 13.6 Å². The molecule has 0 heterocycles. The van der Waals surface area contributed by atoms with Gasteiger partial charge in [-0.3, -0.25) is 0 Å². The largest absolute Gasteiger partial charge is 0.465 e. The standard InChI is InChI=1S/C9H7BrF2O2/c1-14-8(13)6-3-2-4-7(5-6)9(10,11)12/h2-5H,1H3. The van der Waals surface area contributed by atoms with Crippen molar-refractivity contribution in [1.29, 1.82) is 0 Å². The van der Waals surface area contributed by atoms with Crippen molar-refractivity contribution in [2.24, 2.45) is 0 Å². The molecule has 1 aromatic carbocycles. The zero-order chi connectivity index (χ0) is 10.8. The van der Waals surface area contributed by atoms with Crippen LogP contribution in [-0.2, 0) is 9.57 Å². The normalized spacial score (nSPS) is 11.1. The third-order valence-corrected chi connectivity index (χ3v) is 2.07. The Morgan fingerprint density at radius 3 is 2.64 bits per heavy atom. The Labute approximate surface area is 88.0 Å². The molecule has 0 N–H and O–H groups in total. The molecule has 0 atom stereocenters. The van der Waals surface area contributed by atoms with E-state index in [1.807, 2.05) is 0 Å². The minimum Gasteiger partial charge on any atom is -0.465 e. The van der Waals surface area contributed by atoms with Crippen LogP contribution in [0.2, 0.25) is 0 Å². The highest BCUT2D eigenvalue weighted by atomic mass is 79.9. The lowest BCUT2D eigenvalue weighted by Gasteiger charge is -2.09. The van der Waals surface area contributed by atoms with Crippen LogP contribution in [0.3, 0.4) is 0 Å². The summed E-state index contributed by atoms with van der Waals surface area (Å²) in [6, 6.07) is 5.09. The molecular formula is C9H7BrF2O2. The van der Waals surface area contributed by atoms with Crippen LogP contribution < -0.4 is 0 Å². The molecule has 5 heteroatoms. The highest BCUT2D eigenvalue weighted by molar-refractivity contribution is 9.09. The van der Waals surface area contributed by atoms with Crippen molar-refractivity contribution in [2.45, 2.75) is 4.83 Å². The van der Waals surface area contributed by atoms with Crippen LogP contribution in [0.5, 0.6) is 0 Å². The quantitative estimate of drug-likeness (QED) is 0.607. The molecule has 0 spiro atoms. The van der Waals surface area contributed by atoms with E-state index < -0.39 is 10.8 Å². The van der Waals surface area contributed by atoms with E-state index in [1.165, 1.54) is 25.3 Å². The Kier molecular flexibility index (Phi) is 3.21. The van der Waals surface area contributed by atoms with Crippen LogP contribution in [-0.4, -0.2) is 13.1 Å². The Hall–Kier alpha value is -0.970. The van der Waals surface area contributed by atoms with Crippen molar-refractivity contribution in [3.63, 3.8) is 0 Å². The maximum Gasteiger partial charge on any atom is 0.337 e. The van der Waals surface area contributed by atoms with E-state index >= 15 is 0 Å². The number of benzene rings is 1. The lowest BCUT2D eigenvalue weighted by atomic mass is 10.1. The molecule has 0 aliphatic carbocycles.